The van der Waals surface area contributed by atoms with Gasteiger partial charge in [0.15, 0.2) is 4.34 Å². The van der Waals surface area contributed by atoms with Gasteiger partial charge in [-0.05, 0) is 24.1 Å². The van der Waals surface area contributed by atoms with Crippen molar-refractivity contribution in [2.24, 2.45) is 5.92 Å². The number of methoxy groups -OCH3 is 1. The van der Waals surface area contributed by atoms with Crippen LogP contribution in [-0.2, 0) is 14.8 Å². The summed E-state index contributed by atoms with van der Waals surface area (Å²) < 4.78 is 39.4. The molecule has 30 heavy (non-hydrogen) atoms. The summed E-state index contributed by atoms with van der Waals surface area (Å²) in [6, 6.07) is 4.20. The fraction of sp³-hybridized carbons (Fsp3) is 0.500. The van der Waals surface area contributed by atoms with Crippen LogP contribution < -0.4 is 9.46 Å². The Morgan fingerprint density at radius 3 is 2.73 bits per heavy atom. The lowest BCUT2D eigenvalue weighted by atomic mass is 10.1. The number of hydrogen-bond acceptors (Lipinski definition) is 9. The second-order valence-electron chi connectivity index (χ2n) is 6.95. The standard InChI is InChI=1S/C18H24N4O5S3/c1-12(2)11-28-18-20-19-17(29-18)21-30(24,25)13-4-5-15(26-3)14(10-13)16(23)22-6-8-27-9-7-22/h4-5,10,12H,6-9,11H2,1-3H3,(H,19,21). The summed E-state index contributed by atoms with van der Waals surface area (Å²) in [4.78, 5) is 14.5. The molecule has 0 atom stereocenters. The first kappa shape index (κ1) is 22.8. The van der Waals surface area contributed by atoms with E-state index in [4.69, 9.17) is 9.47 Å². The van der Waals surface area contributed by atoms with E-state index in [1.807, 2.05) is 0 Å². The maximum atomic E-state index is 12.9. The molecular formula is C18H24N4O5S3. The van der Waals surface area contributed by atoms with Crippen molar-refractivity contribution >= 4 is 44.2 Å². The lowest BCUT2D eigenvalue weighted by Gasteiger charge is -2.27. The van der Waals surface area contributed by atoms with E-state index < -0.39 is 10.0 Å². The molecule has 1 aliphatic rings. The lowest BCUT2D eigenvalue weighted by Crippen LogP contribution is -2.40. The average molecular weight is 473 g/mol. The highest BCUT2D eigenvalue weighted by Gasteiger charge is 2.25. The van der Waals surface area contributed by atoms with Gasteiger partial charge in [0.05, 0.1) is 30.8 Å². The van der Waals surface area contributed by atoms with E-state index in [2.05, 4.69) is 28.8 Å². The van der Waals surface area contributed by atoms with Gasteiger partial charge < -0.3 is 14.4 Å². The van der Waals surface area contributed by atoms with Crippen molar-refractivity contribution in [3.05, 3.63) is 23.8 Å². The fourth-order valence-corrected chi connectivity index (χ4v) is 5.66. The van der Waals surface area contributed by atoms with Crippen LogP contribution in [0.3, 0.4) is 0 Å². The largest absolute Gasteiger partial charge is 0.496 e. The zero-order valence-corrected chi connectivity index (χ0v) is 19.4. The number of benzene rings is 1. The maximum Gasteiger partial charge on any atom is 0.263 e. The molecule has 9 nitrogen and oxygen atoms in total. The summed E-state index contributed by atoms with van der Waals surface area (Å²) in [5.74, 6) is 1.37. The molecule has 1 aromatic carbocycles. The van der Waals surface area contributed by atoms with Gasteiger partial charge in [0.1, 0.15) is 5.75 Å². The molecule has 0 bridgehead atoms. The zero-order chi connectivity index (χ0) is 21.7. The predicted molar refractivity (Wildman–Crippen MR) is 116 cm³/mol. The van der Waals surface area contributed by atoms with Crippen molar-refractivity contribution in [2.45, 2.75) is 23.1 Å². The smallest absolute Gasteiger partial charge is 0.263 e. The topological polar surface area (TPSA) is 111 Å². The van der Waals surface area contributed by atoms with Crippen molar-refractivity contribution in [2.75, 3.05) is 43.9 Å². The Morgan fingerprint density at radius 1 is 1.33 bits per heavy atom. The number of amides is 1. The number of nitrogens with one attached hydrogen (secondary N) is 1. The van der Waals surface area contributed by atoms with Gasteiger partial charge in [0, 0.05) is 18.8 Å². The van der Waals surface area contributed by atoms with Crippen LogP contribution in [0.2, 0.25) is 0 Å². The van der Waals surface area contributed by atoms with Gasteiger partial charge in [-0.25, -0.2) is 8.42 Å². The van der Waals surface area contributed by atoms with Crippen LogP contribution in [0, 0.1) is 5.92 Å². The quantitative estimate of drug-likeness (QED) is 0.584. The summed E-state index contributed by atoms with van der Waals surface area (Å²) in [5.41, 5.74) is 0.188. The lowest BCUT2D eigenvalue weighted by molar-refractivity contribution is 0.0300. The molecular weight excluding hydrogens is 448 g/mol. The van der Waals surface area contributed by atoms with Gasteiger partial charge >= 0.3 is 0 Å². The molecule has 12 heteroatoms. The number of anilines is 1. The van der Waals surface area contributed by atoms with E-state index in [0.717, 1.165) is 5.75 Å². The first-order valence-electron chi connectivity index (χ1n) is 9.34. The number of carbonyl (C=O) groups excluding carboxylic acids is 1. The third kappa shape index (κ3) is 5.62. The van der Waals surface area contributed by atoms with E-state index in [9.17, 15) is 13.2 Å². The Hall–Kier alpha value is -1.89. The molecule has 2 heterocycles. The van der Waals surface area contributed by atoms with Crippen LogP contribution in [0.5, 0.6) is 5.75 Å². The van der Waals surface area contributed by atoms with Gasteiger partial charge in [-0.15, -0.1) is 10.2 Å². The number of carbonyl (C=O) groups is 1. The predicted octanol–water partition coefficient (Wildman–Crippen LogP) is 2.57. The highest BCUT2D eigenvalue weighted by atomic mass is 32.2. The number of thioether (sulfide) groups is 1. The van der Waals surface area contributed by atoms with Crippen molar-refractivity contribution in [1.82, 2.24) is 15.1 Å². The van der Waals surface area contributed by atoms with Gasteiger partial charge in [-0.3, -0.25) is 9.52 Å². The maximum absolute atomic E-state index is 12.9. The second kappa shape index (κ2) is 9.94. The third-order valence-corrected chi connectivity index (χ3v) is 8.04. The molecule has 164 valence electrons. The molecule has 0 radical (unpaired) electrons. The van der Waals surface area contributed by atoms with Crippen LogP contribution in [0.15, 0.2) is 27.4 Å². The molecule has 2 aromatic rings. The van der Waals surface area contributed by atoms with Crippen molar-refractivity contribution < 1.29 is 22.7 Å². The normalized spacial score (nSPS) is 14.7. The number of morpholine rings is 1. The number of ether oxygens (including phenoxy) is 2. The summed E-state index contributed by atoms with van der Waals surface area (Å²) in [6.07, 6.45) is 0. The van der Waals surface area contributed by atoms with Crippen LogP contribution in [0.25, 0.3) is 0 Å². The highest BCUT2D eigenvalue weighted by molar-refractivity contribution is 8.01. The van der Waals surface area contributed by atoms with Crippen molar-refractivity contribution in [3.8, 4) is 5.75 Å². The number of sulfonamides is 1. The van der Waals surface area contributed by atoms with Crippen LogP contribution in [0.4, 0.5) is 5.13 Å². The molecule has 0 aliphatic carbocycles. The molecule has 3 rings (SSSR count). The van der Waals surface area contributed by atoms with E-state index in [0.29, 0.717) is 42.3 Å². The van der Waals surface area contributed by atoms with E-state index >= 15 is 0 Å². The summed E-state index contributed by atoms with van der Waals surface area (Å²) in [7, 11) is -2.51. The van der Waals surface area contributed by atoms with Gasteiger partial charge in [0.2, 0.25) is 5.13 Å². The summed E-state index contributed by atoms with van der Waals surface area (Å²) >= 11 is 2.71. The Kier molecular flexibility index (Phi) is 7.55. The Balaban J connectivity index is 1.81. The van der Waals surface area contributed by atoms with Crippen LogP contribution >= 0.6 is 23.1 Å². The van der Waals surface area contributed by atoms with Crippen LogP contribution in [-0.4, -0.2) is 68.6 Å². The molecule has 1 saturated heterocycles. The van der Waals surface area contributed by atoms with Crippen molar-refractivity contribution in [3.63, 3.8) is 0 Å². The van der Waals surface area contributed by atoms with Gasteiger partial charge in [-0.2, -0.15) is 0 Å². The molecule has 1 aliphatic heterocycles. The molecule has 1 amide bonds. The SMILES string of the molecule is COc1ccc(S(=O)(=O)Nc2nnc(SCC(C)C)s2)cc1C(=O)N1CCOCC1. The van der Waals surface area contributed by atoms with Crippen LogP contribution in [0.1, 0.15) is 24.2 Å². The molecule has 1 N–H and O–H groups in total. The fourth-order valence-electron chi connectivity index (χ4n) is 2.68. The van der Waals surface area contributed by atoms with Gasteiger partial charge in [-0.1, -0.05) is 36.9 Å². The molecule has 1 fully saturated rings. The number of aromatic nitrogens is 2. The summed E-state index contributed by atoms with van der Waals surface area (Å²) in [6.45, 7) is 5.97. The minimum absolute atomic E-state index is 0.0495. The number of rotatable bonds is 8. The minimum atomic E-state index is -3.95. The van der Waals surface area contributed by atoms with E-state index in [-0.39, 0.29) is 21.5 Å². The van der Waals surface area contributed by atoms with E-state index in [1.165, 1.54) is 48.4 Å². The number of nitrogens with zero attached hydrogens (tertiary/aromatic N) is 3. The minimum Gasteiger partial charge on any atom is -0.496 e. The highest BCUT2D eigenvalue weighted by Crippen LogP contribution is 2.30. The third-order valence-electron chi connectivity index (χ3n) is 4.18. The van der Waals surface area contributed by atoms with Gasteiger partial charge in [0.25, 0.3) is 15.9 Å². The first-order valence-corrected chi connectivity index (χ1v) is 12.6. The summed E-state index contributed by atoms with van der Waals surface area (Å²) in [5, 5.41) is 8.10. The molecule has 0 saturated carbocycles. The van der Waals surface area contributed by atoms with E-state index in [1.54, 1.807) is 4.90 Å². The van der Waals surface area contributed by atoms with Crippen molar-refractivity contribution in [1.29, 1.82) is 0 Å². The average Bonchev–Trinajstić information content (AvgIpc) is 3.18. The monoisotopic (exact) mass is 472 g/mol. The Bertz CT molecular complexity index is 987. The second-order valence-corrected chi connectivity index (χ2v) is 10.9. The molecule has 0 unspecified atom stereocenters. The Labute approximate surface area is 184 Å². The molecule has 1 aromatic heterocycles. The molecule has 0 spiro atoms. The Morgan fingerprint density at radius 2 is 2.07 bits per heavy atom. The number of hydrogen-bond donors (Lipinski definition) is 1. The zero-order valence-electron chi connectivity index (χ0n) is 17.0. The first-order chi connectivity index (χ1) is 14.3.